The number of rotatable bonds is 8. The lowest BCUT2D eigenvalue weighted by molar-refractivity contribution is 0.589. The molecule has 0 bridgehead atoms. The van der Waals surface area contributed by atoms with Gasteiger partial charge in [0.25, 0.3) is 0 Å². The van der Waals surface area contributed by atoms with Crippen molar-refractivity contribution in [1.82, 2.24) is 0 Å². The van der Waals surface area contributed by atoms with Gasteiger partial charge in [-0.15, -0.1) is 0 Å². The Bertz CT molecular complexity index is 7060. The van der Waals surface area contributed by atoms with E-state index >= 15 is 0 Å². The Kier molecular flexibility index (Phi) is 27.5. The summed E-state index contributed by atoms with van der Waals surface area (Å²) in [6.45, 7) is 107. The van der Waals surface area contributed by atoms with Gasteiger partial charge in [-0.25, -0.2) is 0 Å². The number of hydrogen-bond acceptors (Lipinski definition) is 0. The number of hydrogen-bond donors (Lipinski definition) is 0. The second kappa shape index (κ2) is 36.8. The van der Waals surface area contributed by atoms with Gasteiger partial charge in [0.1, 0.15) is 0 Å². The van der Waals surface area contributed by atoms with Crippen molar-refractivity contribution in [2.75, 3.05) is 0 Å². The summed E-state index contributed by atoms with van der Waals surface area (Å²) in [5.41, 5.74) is 87.0. The molecule has 8 aliphatic rings. The Morgan fingerprint density at radius 1 is 0.246 bits per heavy atom. The summed E-state index contributed by atoms with van der Waals surface area (Å²) in [6.07, 6.45) is 3.66. The molecule has 5 atom stereocenters. The highest BCUT2D eigenvalue weighted by molar-refractivity contribution is 7.20. The summed E-state index contributed by atoms with van der Waals surface area (Å²) in [6, 6.07) is 51.1. The van der Waals surface area contributed by atoms with Gasteiger partial charge in [-0.2, -0.15) is 11.1 Å². The lowest BCUT2D eigenvalue weighted by atomic mass is 9.85. The maximum absolute atomic E-state index is 6.85. The van der Waals surface area contributed by atoms with Crippen LogP contribution in [0.4, 0.5) is 0 Å². The van der Waals surface area contributed by atoms with Gasteiger partial charge in [0.2, 0.25) is 0 Å². The van der Waals surface area contributed by atoms with Gasteiger partial charge < -0.3 is 0 Å². The van der Waals surface area contributed by atoms with Gasteiger partial charge in [-0.1, -0.05) is 267 Å². The molecule has 11 aromatic rings. The molecule has 0 amide bonds. The first-order valence-corrected chi connectivity index (χ1v) is 65.6. The minimum absolute atomic E-state index is 0.130. The molecule has 0 N–H and O–H groups in total. The summed E-state index contributed by atoms with van der Waals surface area (Å²) < 4.78 is 0. The molecular weight excluding hydrogens is 1750 g/mol. The van der Waals surface area contributed by atoms with E-state index in [-0.39, 0.29) is 10.8 Å². The zero-order valence-corrected chi connectivity index (χ0v) is 98.7. The van der Waals surface area contributed by atoms with Crippen molar-refractivity contribution in [2.24, 2.45) is 0 Å². The number of fused-ring (bicyclic) bond motifs is 12. The van der Waals surface area contributed by atoms with E-state index in [0.29, 0.717) is 38.8 Å². The van der Waals surface area contributed by atoms with Gasteiger partial charge in [0, 0.05) is 38.8 Å². The third-order valence-corrected chi connectivity index (χ3v) is 53.9. The van der Waals surface area contributed by atoms with E-state index in [0.717, 1.165) is 6.42 Å². The normalized spacial score (nSPS) is 18.0. The predicted molar refractivity (Wildman–Crippen MR) is 622 cm³/mol. The number of benzene rings is 11. The van der Waals surface area contributed by atoms with Crippen LogP contribution in [0.15, 0.2) is 167 Å². The Morgan fingerprint density at radius 2 is 0.529 bits per heavy atom. The minimum Gasteiger partial charge on any atom is -0.167 e. The third kappa shape index (κ3) is 16.4. The molecule has 5 unspecified atom stereocenters. The zero-order chi connectivity index (χ0) is 102. The second-order valence-corrected chi connectivity index (χ2v) is 69.7. The van der Waals surface area contributed by atoms with Crippen molar-refractivity contribution in [3.63, 3.8) is 0 Å². The highest BCUT2D eigenvalue weighted by Gasteiger charge is 2.54. The van der Waals surface area contributed by atoms with Crippen LogP contribution in [0.2, 0.25) is 52.4 Å². The van der Waals surface area contributed by atoms with Gasteiger partial charge in [0.05, 0.1) is 24.2 Å². The zero-order valence-electron chi connectivity index (χ0n) is 93.9. The molecule has 0 radical (unpaired) electrons. The van der Waals surface area contributed by atoms with Gasteiger partial charge in [-0.3, -0.25) is 0 Å². The molecule has 11 aromatic carbocycles. The van der Waals surface area contributed by atoms with Crippen molar-refractivity contribution < 1.29 is 0 Å². The van der Waals surface area contributed by atoms with Crippen LogP contribution in [0.5, 0.6) is 0 Å². The lowest BCUT2D eigenvalue weighted by Gasteiger charge is -2.40. The predicted octanol–water partition coefficient (Wildman–Crippen LogP) is 38.9. The van der Waals surface area contributed by atoms with Crippen molar-refractivity contribution >= 4 is 76.6 Å². The molecule has 5 heteroatoms. The Morgan fingerprint density at radius 3 is 0.884 bits per heavy atom. The van der Waals surface area contributed by atoms with Crippen LogP contribution in [0.25, 0.3) is 67.3 Å². The monoisotopic (exact) mass is 1910 g/mol. The molecule has 0 nitrogen and oxygen atoms in total. The summed E-state index contributed by atoms with van der Waals surface area (Å²) in [7, 11) is -7.47. The fourth-order valence-corrected chi connectivity index (χ4v) is 46.4. The SMILES string of the molecule is CC1=C(C)C([Si](C)(C)C2c3cc(C(C)(C)C)ccc3-c3ccc(C(C)(C)C)cc32)c2c(C)c(C)c(C)c(C)c21.CC1=C(C)C([Si](C)(C)C2c3ccccc3-c3ccccc32)c2c(C)c(C)c(C)c(C)c21.CC1=C(C)C([Si](C)(C)Cl)c2c(C)c(C)c(C)c(C)c21.CC1=C(C)c2c(C)c(C)c(C)c(C)c2C1.CC1=Cc2c(-c3ccccc3)cccc2C1[Si](C)(C)C1C(C)=C(C)c2c(C)c(C)c(C)c(C)c21. The molecule has 138 heavy (non-hydrogen) atoms. The summed E-state index contributed by atoms with van der Waals surface area (Å²) in [5, 5.41) is 0. The lowest BCUT2D eigenvalue weighted by Crippen LogP contribution is -2.42. The van der Waals surface area contributed by atoms with Crippen LogP contribution < -0.4 is 0 Å². The van der Waals surface area contributed by atoms with E-state index in [1.807, 2.05) is 0 Å². The van der Waals surface area contributed by atoms with Crippen molar-refractivity contribution in [3.05, 3.63) is 378 Å². The molecule has 0 aromatic heterocycles. The molecule has 722 valence electrons. The molecule has 0 aliphatic heterocycles. The Labute approximate surface area is 846 Å². The molecule has 8 aliphatic carbocycles. The second-order valence-electron chi connectivity index (χ2n) is 48.7. The summed E-state index contributed by atoms with van der Waals surface area (Å²) >= 11 is 6.85. The van der Waals surface area contributed by atoms with Crippen molar-refractivity contribution in [2.45, 2.75) is 365 Å². The van der Waals surface area contributed by atoms with Gasteiger partial charge in [0.15, 0.2) is 7.38 Å². The highest BCUT2D eigenvalue weighted by atomic mass is 35.6. The highest BCUT2D eigenvalue weighted by Crippen LogP contribution is 2.64. The van der Waals surface area contributed by atoms with Crippen LogP contribution in [0.1, 0.15) is 368 Å². The van der Waals surface area contributed by atoms with Gasteiger partial charge in [-0.05, 0) is 505 Å². The third-order valence-electron chi connectivity index (χ3n) is 38.1. The van der Waals surface area contributed by atoms with Gasteiger partial charge >= 0.3 is 0 Å². The quantitative estimate of drug-likeness (QED) is 0.105. The van der Waals surface area contributed by atoms with E-state index in [1.54, 1.807) is 94.6 Å². The molecule has 0 saturated carbocycles. The first-order chi connectivity index (χ1) is 64.2. The Balaban J connectivity index is 0.000000135. The maximum Gasteiger partial charge on any atom is 0.161 e. The first-order valence-electron chi connectivity index (χ1n) is 52.1. The van der Waals surface area contributed by atoms with E-state index < -0.39 is 31.6 Å². The largest absolute Gasteiger partial charge is 0.167 e. The maximum atomic E-state index is 6.85. The van der Waals surface area contributed by atoms with Crippen molar-refractivity contribution in [3.8, 4) is 33.4 Å². The van der Waals surface area contributed by atoms with Crippen LogP contribution >= 0.6 is 11.1 Å². The van der Waals surface area contributed by atoms with E-state index in [4.69, 9.17) is 11.1 Å². The van der Waals surface area contributed by atoms with Crippen molar-refractivity contribution in [1.29, 1.82) is 0 Å². The molecular formula is C133H167ClSi4. The minimum atomic E-state index is -2.01. The first kappa shape index (κ1) is 103. The topological polar surface area (TPSA) is 0 Å². The average Bonchev–Trinajstić information content (AvgIpc) is 1.55. The van der Waals surface area contributed by atoms with Crippen LogP contribution in [-0.4, -0.2) is 31.6 Å². The number of allylic oxidation sites excluding steroid dienone is 11. The molecule has 0 saturated heterocycles. The van der Waals surface area contributed by atoms with Crippen LogP contribution in [0.3, 0.4) is 0 Å². The van der Waals surface area contributed by atoms with Crippen LogP contribution in [0, 0.1) is 138 Å². The number of halogens is 1. The average molecular weight is 1910 g/mol. The summed E-state index contributed by atoms with van der Waals surface area (Å²) in [4.78, 5) is 0. The summed E-state index contributed by atoms with van der Waals surface area (Å²) in [5.74, 6) is 0. The molecule has 0 spiro atoms. The standard InChI is InChI=1S/C38H50Si.C33H38Si.C30H34Si.C17H25ClSi.C15H20/c1-21-22(2)24(4)34-33(23(21)3)25(5)26(6)35(34)39(13,14)36-31-19-27(37(7,8)9)15-17-29(31)30-18-16-28(20-32(30)36)38(10,11)12;1-19-18-29-27(26-14-11-10-12-15-26)16-13-17-28(29)32(19)34(8,9)33-25(7)24(6)30-22(4)20(2)21(3)23(5)31(30)33;1-17-18(2)20(4)28-27(19(17)3)21(5)22(6)29(28)31(7,8)30-25-15-11-9-13-23(25)24-14-10-12-16-26(24)30;1-9-10(2)12(4)16-15(11(9)3)13(5)14(6)17(16)19(7,8)18;1-8-7-14-12(5)10(3)11(4)13(6)15(14)9(8)2/h15-20,35-36H,1-14H3;10-18,32-33H,1-9H3;9-16,29-30H,1-8H3;17H,1-8H3;7H2,1-6H3. The van der Waals surface area contributed by atoms with E-state index in [9.17, 15) is 0 Å². The fraction of sp³-hybridized carbons (Fsp3) is 0.414. The molecule has 0 heterocycles. The van der Waals surface area contributed by atoms with E-state index in [2.05, 4.69) is 448 Å². The van der Waals surface area contributed by atoms with E-state index in [1.165, 1.54) is 211 Å². The Hall–Kier alpha value is -8.98. The molecule has 0 fully saturated rings. The molecule has 19 rings (SSSR count). The fourth-order valence-electron chi connectivity index (χ4n) is 28.5. The van der Waals surface area contributed by atoms with Crippen LogP contribution in [-0.2, 0) is 17.3 Å². The smallest absolute Gasteiger partial charge is 0.161 e.